The number of hydrogen-bond acceptors (Lipinski definition) is 4. The van der Waals surface area contributed by atoms with Crippen LogP contribution in [0.4, 0.5) is 10.5 Å². The van der Waals surface area contributed by atoms with E-state index in [0.717, 1.165) is 5.56 Å². The van der Waals surface area contributed by atoms with Crippen molar-refractivity contribution < 1.29 is 19.0 Å². The molecular weight excluding hydrogens is 270 g/mol. The molecule has 5 nitrogen and oxygen atoms in total. The molecule has 0 saturated carbocycles. The molecule has 114 valence electrons. The van der Waals surface area contributed by atoms with Crippen LogP contribution in [0.3, 0.4) is 0 Å². The van der Waals surface area contributed by atoms with Gasteiger partial charge in [-0.25, -0.2) is 4.79 Å². The fraction of sp³-hybridized carbons (Fsp3) is 0.438. The number of terminal acetylenes is 1. The van der Waals surface area contributed by atoms with Crippen molar-refractivity contribution in [3.63, 3.8) is 0 Å². The van der Waals surface area contributed by atoms with E-state index in [2.05, 4.69) is 11.2 Å². The van der Waals surface area contributed by atoms with E-state index in [-0.39, 0.29) is 0 Å². The fourth-order valence-corrected chi connectivity index (χ4v) is 1.75. The molecule has 0 spiro atoms. The van der Waals surface area contributed by atoms with Crippen LogP contribution in [0, 0.1) is 12.3 Å². The Morgan fingerprint density at radius 2 is 1.95 bits per heavy atom. The van der Waals surface area contributed by atoms with Crippen LogP contribution in [-0.4, -0.2) is 25.9 Å². The molecule has 0 bridgehead atoms. The molecule has 0 aromatic heterocycles. The first-order valence-corrected chi connectivity index (χ1v) is 6.49. The number of rotatable bonds is 4. The highest BCUT2D eigenvalue weighted by atomic mass is 16.6. The van der Waals surface area contributed by atoms with E-state index >= 15 is 0 Å². The van der Waals surface area contributed by atoms with Gasteiger partial charge in [-0.1, -0.05) is 0 Å². The van der Waals surface area contributed by atoms with E-state index in [4.69, 9.17) is 20.6 Å². The minimum Gasteiger partial charge on any atom is -0.493 e. The van der Waals surface area contributed by atoms with Gasteiger partial charge in [-0.2, -0.15) is 0 Å². The van der Waals surface area contributed by atoms with Crippen molar-refractivity contribution in [3.05, 3.63) is 17.7 Å². The summed E-state index contributed by atoms with van der Waals surface area (Å²) in [5.74, 6) is 3.47. The third-order valence-electron chi connectivity index (χ3n) is 2.48. The van der Waals surface area contributed by atoms with Crippen molar-refractivity contribution in [1.82, 2.24) is 0 Å². The van der Waals surface area contributed by atoms with Crippen LogP contribution in [0.1, 0.15) is 26.3 Å². The summed E-state index contributed by atoms with van der Waals surface area (Å²) < 4.78 is 15.8. The van der Waals surface area contributed by atoms with Crippen molar-refractivity contribution in [3.8, 4) is 23.8 Å². The maximum atomic E-state index is 11.9. The first-order chi connectivity index (χ1) is 9.80. The number of nitrogens with one attached hydrogen (secondary N) is 1. The lowest BCUT2D eigenvalue weighted by molar-refractivity contribution is 0.0635. The lowest BCUT2D eigenvalue weighted by atomic mass is 10.1. The number of hydrogen-bond donors (Lipinski definition) is 1. The number of benzene rings is 1. The third kappa shape index (κ3) is 4.92. The number of anilines is 1. The molecular formula is C16H21NO4. The Labute approximate surface area is 125 Å². The average Bonchev–Trinajstić information content (AvgIpc) is 2.36. The quantitative estimate of drug-likeness (QED) is 0.865. The van der Waals surface area contributed by atoms with Crippen LogP contribution in [0.2, 0.25) is 0 Å². The molecule has 1 aromatic carbocycles. The van der Waals surface area contributed by atoms with E-state index in [1.165, 1.54) is 14.2 Å². The molecule has 5 heteroatoms. The molecule has 0 fully saturated rings. The Hall–Kier alpha value is -2.35. The predicted octanol–water partition coefficient (Wildman–Crippen LogP) is 3.23. The summed E-state index contributed by atoms with van der Waals surface area (Å²) >= 11 is 0. The Kier molecular flexibility index (Phi) is 5.48. The molecule has 0 aliphatic rings. The molecule has 0 unspecified atom stereocenters. The van der Waals surface area contributed by atoms with Crippen LogP contribution in [0.25, 0.3) is 0 Å². The summed E-state index contributed by atoms with van der Waals surface area (Å²) in [6.45, 7) is 5.37. The molecule has 0 radical (unpaired) electrons. The van der Waals surface area contributed by atoms with Crippen LogP contribution in [0.15, 0.2) is 12.1 Å². The smallest absolute Gasteiger partial charge is 0.412 e. The van der Waals surface area contributed by atoms with Gasteiger partial charge in [0.05, 0.1) is 19.9 Å². The summed E-state index contributed by atoms with van der Waals surface area (Å²) in [4.78, 5) is 11.9. The molecule has 21 heavy (non-hydrogen) atoms. The maximum absolute atomic E-state index is 11.9. The summed E-state index contributed by atoms with van der Waals surface area (Å²) in [5.41, 5.74) is 0.704. The zero-order valence-electron chi connectivity index (χ0n) is 13.1. The van der Waals surface area contributed by atoms with Gasteiger partial charge in [0.15, 0.2) is 11.5 Å². The number of methoxy groups -OCH3 is 2. The van der Waals surface area contributed by atoms with Gasteiger partial charge in [0, 0.05) is 6.42 Å². The summed E-state index contributed by atoms with van der Waals surface area (Å²) in [6, 6.07) is 3.52. The highest BCUT2D eigenvalue weighted by Crippen LogP contribution is 2.37. The van der Waals surface area contributed by atoms with Crippen molar-refractivity contribution in [2.24, 2.45) is 0 Å². The average molecular weight is 291 g/mol. The van der Waals surface area contributed by atoms with Gasteiger partial charge in [-0.3, -0.25) is 5.32 Å². The van der Waals surface area contributed by atoms with E-state index in [1.807, 2.05) is 0 Å². The van der Waals surface area contributed by atoms with Gasteiger partial charge < -0.3 is 14.2 Å². The van der Waals surface area contributed by atoms with Crippen LogP contribution in [-0.2, 0) is 11.2 Å². The predicted molar refractivity (Wildman–Crippen MR) is 81.9 cm³/mol. The first-order valence-electron chi connectivity index (χ1n) is 6.49. The molecule has 0 aliphatic heterocycles. The lowest BCUT2D eigenvalue weighted by Crippen LogP contribution is -2.27. The van der Waals surface area contributed by atoms with E-state index in [1.54, 1.807) is 32.9 Å². The first kappa shape index (κ1) is 16.7. The van der Waals surface area contributed by atoms with Gasteiger partial charge in [0.2, 0.25) is 0 Å². The molecule has 1 amide bonds. The fourth-order valence-electron chi connectivity index (χ4n) is 1.75. The molecule has 1 N–H and O–H groups in total. The molecule has 0 atom stereocenters. The highest BCUT2D eigenvalue weighted by Gasteiger charge is 2.19. The van der Waals surface area contributed by atoms with Crippen molar-refractivity contribution in [2.75, 3.05) is 19.5 Å². The molecule has 0 saturated heterocycles. The third-order valence-corrected chi connectivity index (χ3v) is 2.48. The lowest BCUT2D eigenvalue weighted by Gasteiger charge is -2.21. The molecule has 0 aliphatic carbocycles. The van der Waals surface area contributed by atoms with Gasteiger partial charge in [0.25, 0.3) is 0 Å². The van der Waals surface area contributed by atoms with Crippen molar-refractivity contribution in [1.29, 1.82) is 0 Å². The Morgan fingerprint density at radius 3 is 2.43 bits per heavy atom. The van der Waals surface area contributed by atoms with Gasteiger partial charge >= 0.3 is 6.09 Å². The number of ether oxygens (including phenoxy) is 3. The Balaban J connectivity index is 3.11. The van der Waals surface area contributed by atoms with E-state index in [9.17, 15) is 4.79 Å². The maximum Gasteiger partial charge on any atom is 0.412 e. The van der Waals surface area contributed by atoms with Crippen LogP contribution in [0.5, 0.6) is 11.5 Å². The number of carbonyl (C=O) groups is 1. The van der Waals surface area contributed by atoms with Gasteiger partial charge in [0.1, 0.15) is 5.60 Å². The van der Waals surface area contributed by atoms with E-state index in [0.29, 0.717) is 23.6 Å². The normalized spacial score (nSPS) is 10.5. The highest BCUT2D eigenvalue weighted by molar-refractivity contribution is 5.88. The second-order valence-electron chi connectivity index (χ2n) is 5.39. The minimum absolute atomic E-state index is 0.420. The Morgan fingerprint density at radius 1 is 1.29 bits per heavy atom. The zero-order chi connectivity index (χ0) is 16.0. The van der Waals surface area contributed by atoms with Crippen molar-refractivity contribution >= 4 is 11.8 Å². The SMILES string of the molecule is C#CCc1cc(NC(=O)OC(C)(C)C)c(OC)c(OC)c1. The van der Waals surface area contributed by atoms with Gasteiger partial charge in [-0.05, 0) is 38.5 Å². The zero-order valence-corrected chi connectivity index (χ0v) is 13.1. The molecule has 1 rings (SSSR count). The monoisotopic (exact) mass is 291 g/mol. The summed E-state index contributed by atoms with van der Waals surface area (Å²) in [7, 11) is 3.02. The summed E-state index contributed by atoms with van der Waals surface area (Å²) in [6.07, 6.45) is 5.17. The largest absolute Gasteiger partial charge is 0.493 e. The summed E-state index contributed by atoms with van der Waals surface area (Å²) in [5, 5.41) is 2.66. The topological polar surface area (TPSA) is 56.8 Å². The minimum atomic E-state index is -0.585. The number of carbonyl (C=O) groups excluding carboxylic acids is 1. The van der Waals surface area contributed by atoms with E-state index < -0.39 is 11.7 Å². The van der Waals surface area contributed by atoms with Gasteiger partial charge in [-0.15, -0.1) is 12.3 Å². The van der Waals surface area contributed by atoms with Crippen LogP contribution < -0.4 is 14.8 Å². The van der Waals surface area contributed by atoms with Crippen LogP contribution >= 0.6 is 0 Å². The Bertz CT molecular complexity index is 553. The molecule has 1 aromatic rings. The standard InChI is InChI=1S/C16H21NO4/c1-7-8-11-9-12(14(20-6)13(10-11)19-5)17-15(18)21-16(2,3)4/h1,9-10H,8H2,2-6H3,(H,17,18). The van der Waals surface area contributed by atoms with Crippen molar-refractivity contribution in [2.45, 2.75) is 32.8 Å². The number of amides is 1. The second-order valence-corrected chi connectivity index (χ2v) is 5.39. The second kappa shape index (κ2) is 6.89. The molecule has 0 heterocycles.